The predicted octanol–water partition coefficient (Wildman–Crippen LogP) is 4.11. The van der Waals surface area contributed by atoms with Crippen molar-refractivity contribution in [2.75, 3.05) is 5.32 Å². The number of aromatic nitrogens is 3. The van der Waals surface area contributed by atoms with Crippen LogP contribution in [-0.2, 0) is 0 Å². The number of nitrogens with zero attached hydrogens (tertiary/aromatic N) is 3. The molecule has 0 saturated heterocycles. The van der Waals surface area contributed by atoms with Gasteiger partial charge in [-0.3, -0.25) is 0 Å². The molecule has 2 heterocycles. The third kappa shape index (κ3) is 2.66. The lowest BCUT2D eigenvalue weighted by Crippen LogP contribution is -2.11. The number of hydrogen-bond donors (Lipinski definition) is 1. The summed E-state index contributed by atoms with van der Waals surface area (Å²) in [5.74, 6) is 1.31. The second-order valence-corrected chi connectivity index (χ2v) is 5.56. The Balaban J connectivity index is 1.95. The quantitative estimate of drug-likeness (QED) is 0.785. The van der Waals surface area contributed by atoms with Gasteiger partial charge in [-0.05, 0) is 37.0 Å². The zero-order valence-electron chi connectivity index (χ0n) is 13.3. The summed E-state index contributed by atoms with van der Waals surface area (Å²) in [7, 11) is 0. The van der Waals surface area contributed by atoms with Crippen LogP contribution in [0.1, 0.15) is 42.0 Å². The van der Waals surface area contributed by atoms with Gasteiger partial charge in [-0.25, -0.2) is 9.97 Å². The van der Waals surface area contributed by atoms with E-state index in [2.05, 4.69) is 59.2 Å². The topological polar surface area (TPSA) is 63.8 Å². The Morgan fingerprint density at radius 2 is 1.95 bits per heavy atom. The molecule has 0 aliphatic rings. The number of fused-ring (bicyclic) bond motifs is 1. The Kier molecular flexibility index (Phi) is 3.79. The van der Waals surface area contributed by atoms with E-state index in [9.17, 15) is 0 Å². The summed E-state index contributed by atoms with van der Waals surface area (Å²) in [5, 5.41) is 3.47. The Morgan fingerprint density at radius 1 is 1.14 bits per heavy atom. The molecule has 0 spiro atoms. The summed E-state index contributed by atoms with van der Waals surface area (Å²) in [5.41, 5.74) is 5.04. The monoisotopic (exact) mass is 296 g/mol. The summed E-state index contributed by atoms with van der Waals surface area (Å²) in [4.78, 5) is 12.8. The molecule has 1 atom stereocenters. The van der Waals surface area contributed by atoms with E-state index in [1.165, 1.54) is 23.0 Å². The largest absolute Gasteiger partial charge is 0.422 e. The molecule has 0 radical (unpaired) electrons. The van der Waals surface area contributed by atoms with Crippen LogP contribution in [0.15, 0.2) is 28.9 Å². The molecule has 2 aromatic heterocycles. The summed E-state index contributed by atoms with van der Waals surface area (Å²) in [6.45, 7) is 8.22. The molecule has 0 amide bonds. The van der Waals surface area contributed by atoms with Gasteiger partial charge in [0.2, 0.25) is 0 Å². The maximum absolute atomic E-state index is 5.46. The van der Waals surface area contributed by atoms with Gasteiger partial charge < -0.3 is 9.73 Å². The van der Waals surface area contributed by atoms with Gasteiger partial charge in [0.25, 0.3) is 5.71 Å². The van der Waals surface area contributed by atoms with Crippen molar-refractivity contribution in [2.24, 2.45) is 0 Å². The zero-order chi connectivity index (χ0) is 15.7. The fourth-order valence-corrected chi connectivity index (χ4v) is 2.53. The number of nitrogens with one attached hydrogen (secondary N) is 1. The highest BCUT2D eigenvalue weighted by Crippen LogP contribution is 2.27. The summed E-state index contributed by atoms with van der Waals surface area (Å²) in [6, 6.07) is 6.72. The molecule has 22 heavy (non-hydrogen) atoms. The number of benzene rings is 1. The lowest BCUT2D eigenvalue weighted by atomic mass is 9.99. The Bertz CT molecular complexity index is 810. The molecular formula is C17H20N4O. The average Bonchev–Trinajstić information content (AvgIpc) is 2.88. The van der Waals surface area contributed by atoms with E-state index in [4.69, 9.17) is 4.42 Å². The molecule has 0 aliphatic carbocycles. The molecule has 0 saturated carbocycles. The van der Waals surface area contributed by atoms with E-state index in [1.807, 2.05) is 6.92 Å². The first kappa shape index (κ1) is 14.5. The van der Waals surface area contributed by atoms with Gasteiger partial charge in [-0.15, -0.1) is 0 Å². The van der Waals surface area contributed by atoms with Crippen molar-refractivity contribution < 1.29 is 4.42 Å². The highest BCUT2D eigenvalue weighted by atomic mass is 16.4. The first-order valence-corrected chi connectivity index (χ1v) is 7.50. The smallest absolute Gasteiger partial charge is 0.252 e. The minimum absolute atomic E-state index is 0.175. The van der Waals surface area contributed by atoms with Crippen molar-refractivity contribution >= 4 is 17.0 Å². The number of hydrogen-bond acceptors (Lipinski definition) is 5. The van der Waals surface area contributed by atoms with Crippen LogP contribution in [0.4, 0.5) is 5.82 Å². The number of oxazole rings is 1. The second-order valence-electron chi connectivity index (χ2n) is 5.56. The van der Waals surface area contributed by atoms with Crippen LogP contribution in [0.25, 0.3) is 11.2 Å². The molecule has 1 aromatic carbocycles. The van der Waals surface area contributed by atoms with Gasteiger partial charge in [-0.2, -0.15) is 4.98 Å². The third-order valence-electron chi connectivity index (χ3n) is 3.95. The molecular weight excluding hydrogens is 276 g/mol. The van der Waals surface area contributed by atoms with E-state index in [-0.39, 0.29) is 6.04 Å². The van der Waals surface area contributed by atoms with E-state index in [1.54, 1.807) is 0 Å². The normalized spacial score (nSPS) is 12.5. The maximum Gasteiger partial charge on any atom is 0.252 e. The average molecular weight is 296 g/mol. The molecule has 0 unspecified atom stereocenters. The minimum atomic E-state index is 0.175. The number of aryl methyl sites for hydroxylation is 3. The van der Waals surface area contributed by atoms with Gasteiger partial charge in [0.05, 0.1) is 6.04 Å². The first-order valence-electron chi connectivity index (χ1n) is 7.50. The molecule has 3 aromatic rings. The fourth-order valence-electron chi connectivity index (χ4n) is 2.53. The van der Waals surface area contributed by atoms with Crippen LogP contribution in [-0.4, -0.2) is 15.0 Å². The molecule has 1 N–H and O–H groups in total. The van der Waals surface area contributed by atoms with Crippen LogP contribution < -0.4 is 5.32 Å². The van der Waals surface area contributed by atoms with Gasteiger partial charge in [0, 0.05) is 6.92 Å². The van der Waals surface area contributed by atoms with E-state index in [0.717, 1.165) is 6.42 Å². The van der Waals surface area contributed by atoms with Gasteiger partial charge in [-0.1, -0.05) is 25.1 Å². The molecule has 0 fully saturated rings. The molecule has 5 heteroatoms. The van der Waals surface area contributed by atoms with Crippen molar-refractivity contribution in [2.45, 2.75) is 40.2 Å². The molecule has 0 aliphatic heterocycles. The van der Waals surface area contributed by atoms with Gasteiger partial charge in [0.15, 0.2) is 17.2 Å². The standard InChI is InChI=1S/C17H20N4O/c1-5-14(13-7-6-10(2)11(3)8-13)21-16-15-17(19-9-18-16)22-12(4)20-15/h6-9,14H,5H2,1-4H3,(H,18,19,21)/t14-/m0/s1. The van der Waals surface area contributed by atoms with Crippen LogP contribution in [0.3, 0.4) is 0 Å². The van der Waals surface area contributed by atoms with Crippen molar-refractivity contribution in [3.05, 3.63) is 47.1 Å². The van der Waals surface area contributed by atoms with Gasteiger partial charge >= 0.3 is 0 Å². The van der Waals surface area contributed by atoms with Gasteiger partial charge in [0.1, 0.15) is 6.33 Å². The van der Waals surface area contributed by atoms with Crippen LogP contribution in [0.2, 0.25) is 0 Å². The second kappa shape index (κ2) is 5.75. The number of rotatable bonds is 4. The van der Waals surface area contributed by atoms with Crippen molar-refractivity contribution in [3.63, 3.8) is 0 Å². The fraction of sp³-hybridized carbons (Fsp3) is 0.353. The maximum atomic E-state index is 5.46. The molecule has 3 rings (SSSR count). The summed E-state index contributed by atoms with van der Waals surface area (Å²) in [6.07, 6.45) is 2.45. The predicted molar refractivity (Wildman–Crippen MR) is 86.9 cm³/mol. The van der Waals surface area contributed by atoms with E-state index < -0.39 is 0 Å². The SMILES string of the molecule is CC[C@H](Nc1ncnc2oc(C)nc12)c1ccc(C)c(C)c1. The van der Waals surface area contributed by atoms with Crippen molar-refractivity contribution in [1.29, 1.82) is 0 Å². The lowest BCUT2D eigenvalue weighted by molar-refractivity contribution is 0.551. The lowest BCUT2D eigenvalue weighted by Gasteiger charge is -2.19. The minimum Gasteiger partial charge on any atom is -0.422 e. The van der Waals surface area contributed by atoms with Crippen LogP contribution in [0, 0.1) is 20.8 Å². The highest BCUT2D eigenvalue weighted by molar-refractivity contribution is 5.81. The van der Waals surface area contributed by atoms with Crippen molar-refractivity contribution in [1.82, 2.24) is 15.0 Å². The van der Waals surface area contributed by atoms with Crippen LogP contribution >= 0.6 is 0 Å². The third-order valence-corrected chi connectivity index (χ3v) is 3.95. The summed E-state index contributed by atoms with van der Waals surface area (Å²) >= 11 is 0. The van der Waals surface area contributed by atoms with E-state index in [0.29, 0.717) is 22.9 Å². The number of anilines is 1. The Labute approximate surface area is 129 Å². The van der Waals surface area contributed by atoms with Crippen molar-refractivity contribution in [3.8, 4) is 0 Å². The molecule has 5 nitrogen and oxygen atoms in total. The highest BCUT2D eigenvalue weighted by Gasteiger charge is 2.15. The van der Waals surface area contributed by atoms with E-state index >= 15 is 0 Å². The zero-order valence-corrected chi connectivity index (χ0v) is 13.3. The summed E-state index contributed by atoms with van der Waals surface area (Å²) < 4.78 is 5.46. The Hall–Kier alpha value is -2.43. The Morgan fingerprint density at radius 3 is 2.68 bits per heavy atom. The first-order chi connectivity index (χ1) is 10.6. The van der Waals surface area contributed by atoms with Crippen LogP contribution in [0.5, 0.6) is 0 Å². The molecule has 114 valence electrons. The molecule has 0 bridgehead atoms.